The summed E-state index contributed by atoms with van der Waals surface area (Å²) in [6.45, 7) is 9.33. The minimum absolute atomic E-state index is 0.0540. The Bertz CT molecular complexity index is 1500. The van der Waals surface area contributed by atoms with E-state index < -0.39 is 148 Å². The van der Waals surface area contributed by atoms with Crippen molar-refractivity contribution in [1.82, 2.24) is 0 Å². The molecule has 1 unspecified atom stereocenters. The second-order valence-electron chi connectivity index (χ2n) is 20.2. The average Bonchev–Trinajstić information content (AvgIpc) is 3.35. The molecule has 72 heavy (non-hydrogen) atoms. The molecule has 0 bridgehead atoms. The van der Waals surface area contributed by atoms with E-state index in [0.29, 0.717) is 38.5 Å². The predicted molar refractivity (Wildman–Crippen MR) is 257 cm³/mol. The molecule has 0 aromatic rings. The Hall–Kier alpha value is -1.58. The molecule has 4 aliphatic heterocycles. The van der Waals surface area contributed by atoms with E-state index in [1.807, 2.05) is 6.92 Å². The van der Waals surface area contributed by atoms with Gasteiger partial charge in [0.15, 0.2) is 37.4 Å². The molecule has 21 atom stereocenters. The lowest BCUT2D eigenvalue weighted by molar-refractivity contribution is -0.399. The van der Waals surface area contributed by atoms with E-state index in [9.17, 15) is 55.5 Å². The highest BCUT2D eigenvalue weighted by Gasteiger charge is 2.57. The van der Waals surface area contributed by atoms with Gasteiger partial charge in [-0.25, -0.2) is 0 Å². The molecular weight excluding hydrogens is 949 g/mol. The third-order valence-electron chi connectivity index (χ3n) is 14.1. The minimum atomic E-state index is -1.86. The maximum atomic E-state index is 13.6. The number of carbonyl (C=O) groups is 2. The third-order valence-corrected chi connectivity index (χ3v) is 14.1. The van der Waals surface area contributed by atoms with Crippen molar-refractivity contribution in [1.29, 1.82) is 0 Å². The summed E-state index contributed by atoms with van der Waals surface area (Å²) in [5.41, 5.74) is 0. The first kappa shape index (κ1) is 63.0. The molecule has 0 radical (unpaired) electrons. The largest absolute Gasteiger partial charge is 0.456 e. The van der Waals surface area contributed by atoms with Crippen molar-refractivity contribution in [2.45, 2.75) is 292 Å². The van der Waals surface area contributed by atoms with Crippen LogP contribution in [0.5, 0.6) is 0 Å². The maximum absolute atomic E-state index is 13.6. The number of hydrogen-bond acceptors (Lipinski definition) is 21. The topological polar surface area (TPSA) is 309 Å². The second-order valence-corrected chi connectivity index (χ2v) is 20.2. The zero-order chi connectivity index (χ0) is 52.9. The summed E-state index contributed by atoms with van der Waals surface area (Å²) in [4.78, 5) is 25.1. The van der Waals surface area contributed by atoms with Gasteiger partial charge in [-0.3, -0.25) is 4.79 Å². The first-order chi connectivity index (χ1) is 34.5. The van der Waals surface area contributed by atoms with Crippen LogP contribution >= 0.6 is 0 Å². The van der Waals surface area contributed by atoms with E-state index in [0.717, 1.165) is 70.6 Å². The van der Waals surface area contributed by atoms with Gasteiger partial charge in [0.25, 0.3) is 0 Å². The van der Waals surface area contributed by atoms with Crippen molar-refractivity contribution in [2.24, 2.45) is 0 Å². The molecule has 4 saturated heterocycles. The van der Waals surface area contributed by atoms with E-state index >= 15 is 0 Å². The van der Waals surface area contributed by atoms with Crippen LogP contribution in [0.1, 0.15) is 164 Å². The summed E-state index contributed by atoms with van der Waals surface area (Å²) < 4.78 is 62.9. The standard InChI is InChI=1S/C51H92O21/c1-7-10-12-13-14-17-20-24-32(25-21-18-15-16-19-23-29(4)53)67-50-45(41(60)38(57)33(27-52)68-50)71-51-47(72-49-43(62)40(59)37(56)31(6)66-49)46(70-35(54)22-9-3)44(63-26-11-8-2)34(69-51)28-64-48-42(61)39(58)36(55)30(5)65-48/h30-34,36-52,55-62H,7-28H2,1-6H3/t30-,31+,32?,33-,34-,36+,37+,38-,39+,40-,41+,42+,43+,44-,45-,46+,47-,48-,49+,50-,51+/m1/s1. The monoisotopic (exact) mass is 1040 g/mol. The van der Waals surface area contributed by atoms with Gasteiger partial charge >= 0.3 is 5.97 Å². The Morgan fingerprint density at radius 2 is 1.03 bits per heavy atom. The van der Waals surface area contributed by atoms with Crippen molar-refractivity contribution in [2.75, 3.05) is 19.8 Å². The van der Waals surface area contributed by atoms with Gasteiger partial charge in [-0.15, -0.1) is 0 Å². The lowest BCUT2D eigenvalue weighted by Crippen LogP contribution is -2.68. The molecule has 422 valence electrons. The van der Waals surface area contributed by atoms with Crippen molar-refractivity contribution in [3.63, 3.8) is 0 Å². The molecule has 4 heterocycles. The fourth-order valence-corrected chi connectivity index (χ4v) is 9.54. The van der Waals surface area contributed by atoms with Crippen molar-refractivity contribution >= 4 is 11.8 Å². The maximum Gasteiger partial charge on any atom is 0.306 e. The molecule has 4 fully saturated rings. The van der Waals surface area contributed by atoms with Crippen LogP contribution in [0.3, 0.4) is 0 Å². The van der Waals surface area contributed by atoms with Gasteiger partial charge in [-0.2, -0.15) is 0 Å². The molecule has 0 aliphatic carbocycles. The van der Waals surface area contributed by atoms with E-state index in [1.165, 1.54) is 20.3 Å². The average molecular weight is 1040 g/mol. The van der Waals surface area contributed by atoms with E-state index in [-0.39, 0.29) is 18.8 Å². The Labute approximate surface area is 426 Å². The fraction of sp³-hybridized carbons (Fsp3) is 0.961. The molecule has 21 heteroatoms. The van der Waals surface area contributed by atoms with Gasteiger partial charge in [-0.1, -0.05) is 97.8 Å². The van der Waals surface area contributed by atoms with E-state index in [1.54, 1.807) is 13.8 Å². The van der Waals surface area contributed by atoms with Crippen LogP contribution in [0.15, 0.2) is 0 Å². The Balaban J connectivity index is 1.75. The van der Waals surface area contributed by atoms with Gasteiger partial charge in [0.2, 0.25) is 0 Å². The number of ether oxygens (including phenoxy) is 10. The van der Waals surface area contributed by atoms with Crippen LogP contribution < -0.4 is 0 Å². The van der Waals surface area contributed by atoms with Gasteiger partial charge in [0.05, 0.1) is 31.5 Å². The number of esters is 1. The SMILES string of the molecule is CCCCCCCCCC(CCCCCCCC(C)=O)O[C@@H]1O[C@H](CO)[C@@H](O)[C@H](O)[C@H]1O[C@@H]1O[C@H](CO[C@@H]2O[C@H](C)[C@H](O)[C@H](O)[C@@H]2O)[C@@H](OCCCC)[C@H](OC(=O)CCC)[C@H]1O[C@@H]1O[C@@H](C)[C@H](O)[C@@H](O)[C@@H]1O. The van der Waals surface area contributed by atoms with Crippen LogP contribution in [0, 0.1) is 0 Å². The van der Waals surface area contributed by atoms with E-state index in [2.05, 4.69) is 6.92 Å². The molecule has 0 saturated carbocycles. The number of aliphatic hydroxyl groups excluding tert-OH is 9. The van der Waals surface area contributed by atoms with Crippen LogP contribution in [0.2, 0.25) is 0 Å². The number of rotatable bonds is 33. The van der Waals surface area contributed by atoms with Crippen LogP contribution in [-0.4, -0.2) is 206 Å². The molecule has 0 aromatic heterocycles. The zero-order valence-electron chi connectivity index (χ0n) is 43.6. The normalized spacial score (nSPS) is 37.9. The molecule has 0 amide bonds. The number of ketones is 1. The highest BCUT2D eigenvalue weighted by molar-refractivity contribution is 5.75. The third kappa shape index (κ3) is 18.9. The summed E-state index contributed by atoms with van der Waals surface area (Å²) in [5.74, 6) is -0.537. The summed E-state index contributed by atoms with van der Waals surface area (Å²) in [6, 6.07) is 0. The quantitative estimate of drug-likeness (QED) is 0.0337. The van der Waals surface area contributed by atoms with Crippen LogP contribution in [-0.2, 0) is 57.0 Å². The summed E-state index contributed by atoms with van der Waals surface area (Å²) in [6.07, 6.45) is -15.8. The molecule has 4 aliphatic rings. The summed E-state index contributed by atoms with van der Waals surface area (Å²) in [5, 5.41) is 98.3. The molecule has 0 aromatic carbocycles. The first-order valence-electron chi connectivity index (χ1n) is 27.0. The Kier molecular flexibility index (Phi) is 28.7. The Morgan fingerprint density at radius 3 is 1.61 bits per heavy atom. The van der Waals surface area contributed by atoms with E-state index in [4.69, 9.17) is 47.4 Å². The molecule has 21 nitrogen and oxygen atoms in total. The van der Waals surface area contributed by atoms with Gasteiger partial charge in [-0.05, 0) is 52.9 Å². The Morgan fingerprint density at radius 1 is 0.486 bits per heavy atom. The van der Waals surface area contributed by atoms with Gasteiger partial charge in [0, 0.05) is 19.4 Å². The highest BCUT2D eigenvalue weighted by Crippen LogP contribution is 2.37. The lowest BCUT2D eigenvalue weighted by atomic mass is 9.95. The molecular formula is C51H92O21. The van der Waals surface area contributed by atoms with Gasteiger partial charge < -0.3 is 98.1 Å². The summed E-state index contributed by atoms with van der Waals surface area (Å²) in [7, 11) is 0. The van der Waals surface area contributed by atoms with Gasteiger partial charge in [0.1, 0.15) is 79.0 Å². The van der Waals surface area contributed by atoms with Crippen LogP contribution in [0.4, 0.5) is 0 Å². The number of unbranched alkanes of at least 4 members (excludes halogenated alkanes) is 11. The van der Waals surface area contributed by atoms with Crippen molar-refractivity contribution < 1.29 is 103 Å². The molecule has 9 N–H and O–H groups in total. The lowest BCUT2D eigenvalue weighted by Gasteiger charge is -2.50. The highest BCUT2D eigenvalue weighted by atomic mass is 16.8. The van der Waals surface area contributed by atoms with Crippen molar-refractivity contribution in [3.8, 4) is 0 Å². The molecule has 0 spiro atoms. The number of Topliss-reactive ketones (excluding diaryl/α,β-unsaturated/α-hetero) is 1. The van der Waals surface area contributed by atoms with Crippen molar-refractivity contribution in [3.05, 3.63) is 0 Å². The van der Waals surface area contributed by atoms with Crippen LogP contribution in [0.25, 0.3) is 0 Å². The number of carbonyl (C=O) groups excluding carboxylic acids is 2. The number of hydrogen-bond donors (Lipinski definition) is 9. The summed E-state index contributed by atoms with van der Waals surface area (Å²) >= 11 is 0. The first-order valence-corrected chi connectivity index (χ1v) is 27.0. The predicted octanol–water partition coefficient (Wildman–Crippen LogP) is 2.34. The second kappa shape index (κ2) is 32.9. The number of aliphatic hydroxyl groups is 9. The fourth-order valence-electron chi connectivity index (χ4n) is 9.54. The molecule has 4 rings (SSSR count). The zero-order valence-corrected chi connectivity index (χ0v) is 43.6. The minimum Gasteiger partial charge on any atom is -0.456 e. The smallest absolute Gasteiger partial charge is 0.306 e.